The first-order valence-electron chi connectivity index (χ1n) is 5.88. The van der Waals surface area contributed by atoms with Crippen LogP contribution in [0.2, 0.25) is 0 Å². The van der Waals surface area contributed by atoms with Gasteiger partial charge in [-0.1, -0.05) is 18.2 Å². The fraction of sp³-hybridized carbons (Fsp3) is 0.538. The monoisotopic (exact) mass is 237 g/mol. The summed E-state index contributed by atoms with van der Waals surface area (Å²) in [5.74, 6) is -0.448. The number of piperidine rings is 1. The van der Waals surface area contributed by atoms with Crippen molar-refractivity contribution in [2.75, 3.05) is 13.7 Å². The molecule has 0 spiro atoms. The van der Waals surface area contributed by atoms with Crippen molar-refractivity contribution in [3.05, 3.63) is 24.3 Å². The Hall–Kier alpha value is -1.58. The molecule has 1 saturated heterocycles. The van der Waals surface area contributed by atoms with E-state index >= 15 is 0 Å². The van der Waals surface area contributed by atoms with Crippen LogP contribution in [0, 0.1) is 0 Å². The summed E-state index contributed by atoms with van der Waals surface area (Å²) in [6, 6.07) is -0.420. The third kappa shape index (κ3) is 3.73. The number of ether oxygens (including phenoxy) is 1. The molecule has 94 valence electrons. The van der Waals surface area contributed by atoms with E-state index < -0.39 is 6.04 Å². The average molecular weight is 237 g/mol. The van der Waals surface area contributed by atoms with Gasteiger partial charge in [0.15, 0.2) is 0 Å². The van der Waals surface area contributed by atoms with Gasteiger partial charge in [0.1, 0.15) is 6.04 Å². The minimum atomic E-state index is -0.420. The molecule has 1 heterocycles. The largest absolute Gasteiger partial charge is 0.467 e. The second-order valence-electron chi connectivity index (χ2n) is 3.95. The molecular formula is C13H19NO3. The van der Waals surface area contributed by atoms with Crippen LogP contribution in [0.3, 0.4) is 0 Å². The van der Waals surface area contributed by atoms with Crippen molar-refractivity contribution < 1.29 is 14.3 Å². The summed E-state index contributed by atoms with van der Waals surface area (Å²) < 4.78 is 4.72. The van der Waals surface area contributed by atoms with Crippen LogP contribution < -0.4 is 0 Å². The summed E-state index contributed by atoms with van der Waals surface area (Å²) in [5.41, 5.74) is 0. The van der Waals surface area contributed by atoms with Crippen molar-refractivity contribution in [3.8, 4) is 0 Å². The molecule has 0 aliphatic carbocycles. The maximum atomic E-state index is 11.9. The number of methoxy groups -OCH3 is 1. The summed E-state index contributed by atoms with van der Waals surface area (Å²) in [7, 11) is 1.36. The van der Waals surface area contributed by atoms with Crippen LogP contribution in [0.1, 0.15) is 26.2 Å². The van der Waals surface area contributed by atoms with Crippen LogP contribution in [0.4, 0.5) is 0 Å². The molecule has 17 heavy (non-hydrogen) atoms. The van der Waals surface area contributed by atoms with Gasteiger partial charge in [-0.2, -0.15) is 0 Å². The molecule has 1 fully saturated rings. The van der Waals surface area contributed by atoms with Gasteiger partial charge < -0.3 is 9.64 Å². The van der Waals surface area contributed by atoms with E-state index in [1.807, 2.05) is 13.0 Å². The van der Waals surface area contributed by atoms with Gasteiger partial charge in [-0.3, -0.25) is 4.79 Å². The first kappa shape index (κ1) is 13.5. The highest BCUT2D eigenvalue weighted by Crippen LogP contribution is 2.18. The molecule has 1 amide bonds. The van der Waals surface area contributed by atoms with Gasteiger partial charge in [-0.15, -0.1) is 0 Å². The maximum absolute atomic E-state index is 11.9. The second-order valence-corrected chi connectivity index (χ2v) is 3.95. The van der Waals surface area contributed by atoms with Crippen LogP contribution in [-0.4, -0.2) is 36.5 Å². The number of rotatable bonds is 3. The molecule has 1 rings (SSSR count). The Morgan fingerprint density at radius 3 is 2.71 bits per heavy atom. The SMILES string of the molecule is C/C=C/C=C/C(=O)N1CCCCC1C(=O)OC. The molecule has 0 aromatic heterocycles. The van der Waals surface area contributed by atoms with Gasteiger partial charge in [0, 0.05) is 12.6 Å². The van der Waals surface area contributed by atoms with Crippen molar-refractivity contribution in [1.29, 1.82) is 0 Å². The molecule has 0 radical (unpaired) electrons. The van der Waals surface area contributed by atoms with Crippen LogP contribution in [0.15, 0.2) is 24.3 Å². The van der Waals surface area contributed by atoms with Crippen molar-refractivity contribution in [1.82, 2.24) is 4.90 Å². The molecule has 1 aliphatic heterocycles. The van der Waals surface area contributed by atoms with Crippen LogP contribution >= 0.6 is 0 Å². The zero-order chi connectivity index (χ0) is 12.7. The smallest absolute Gasteiger partial charge is 0.328 e. The fourth-order valence-electron chi connectivity index (χ4n) is 1.92. The normalized spacial score (nSPS) is 21.1. The highest BCUT2D eigenvalue weighted by Gasteiger charge is 2.31. The predicted octanol–water partition coefficient (Wildman–Crippen LogP) is 1.67. The van der Waals surface area contributed by atoms with Gasteiger partial charge in [-0.25, -0.2) is 4.79 Å². The van der Waals surface area contributed by atoms with Crippen molar-refractivity contribution >= 4 is 11.9 Å². The molecule has 0 saturated carbocycles. The number of carbonyl (C=O) groups is 2. The Bertz CT molecular complexity index is 334. The molecule has 0 aromatic rings. The van der Waals surface area contributed by atoms with Crippen molar-refractivity contribution in [2.45, 2.75) is 32.2 Å². The minimum absolute atomic E-state index is 0.127. The number of allylic oxidation sites excluding steroid dienone is 3. The Balaban J connectivity index is 2.70. The van der Waals surface area contributed by atoms with E-state index in [2.05, 4.69) is 0 Å². The topological polar surface area (TPSA) is 46.6 Å². The lowest BCUT2D eigenvalue weighted by atomic mass is 10.0. The lowest BCUT2D eigenvalue weighted by Gasteiger charge is -2.32. The highest BCUT2D eigenvalue weighted by atomic mass is 16.5. The van der Waals surface area contributed by atoms with Crippen molar-refractivity contribution in [3.63, 3.8) is 0 Å². The van der Waals surface area contributed by atoms with Crippen LogP contribution in [0.5, 0.6) is 0 Å². The number of amides is 1. The number of hydrogen-bond donors (Lipinski definition) is 0. The predicted molar refractivity (Wildman–Crippen MR) is 65.3 cm³/mol. The standard InChI is InChI=1S/C13H19NO3/c1-3-4-5-9-12(15)14-10-7-6-8-11(14)13(16)17-2/h3-5,9,11H,6-8,10H2,1-2H3/b4-3+,9-5+. The molecule has 0 bridgehead atoms. The highest BCUT2D eigenvalue weighted by molar-refractivity contribution is 5.91. The number of nitrogens with zero attached hydrogens (tertiary/aromatic N) is 1. The zero-order valence-electron chi connectivity index (χ0n) is 10.4. The molecule has 0 N–H and O–H groups in total. The molecule has 4 heteroatoms. The summed E-state index contributed by atoms with van der Waals surface area (Å²) in [4.78, 5) is 25.1. The third-order valence-corrected chi connectivity index (χ3v) is 2.80. The van der Waals surface area contributed by atoms with E-state index in [1.54, 1.807) is 17.1 Å². The molecule has 4 nitrogen and oxygen atoms in total. The summed E-state index contributed by atoms with van der Waals surface area (Å²) in [6.07, 6.45) is 9.40. The lowest BCUT2D eigenvalue weighted by Crippen LogP contribution is -2.47. The first-order valence-corrected chi connectivity index (χ1v) is 5.88. The van der Waals surface area contributed by atoms with Gasteiger partial charge in [0.2, 0.25) is 5.91 Å². The number of carbonyl (C=O) groups excluding carboxylic acids is 2. The van der Waals surface area contributed by atoms with Crippen molar-refractivity contribution in [2.24, 2.45) is 0 Å². The molecule has 1 atom stereocenters. The Kier molecular flexibility index (Phi) is 5.46. The molecule has 0 aromatic carbocycles. The van der Waals surface area contributed by atoms with Gasteiger partial charge >= 0.3 is 5.97 Å². The Morgan fingerprint density at radius 2 is 2.06 bits per heavy atom. The number of hydrogen-bond acceptors (Lipinski definition) is 3. The Morgan fingerprint density at radius 1 is 1.29 bits per heavy atom. The van der Waals surface area contributed by atoms with Crippen LogP contribution in [0.25, 0.3) is 0 Å². The minimum Gasteiger partial charge on any atom is -0.467 e. The Labute approximate surface area is 102 Å². The second kappa shape index (κ2) is 6.89. The first-order chi connectivity index (χ1) is 8.20. The summed E-state index contributed by atoms with van der Waals surface area (Å²) in [5, 5.41) is 0. The van der Waals surface area contributed by atoms with E-state index in [9.17, 15) is 9.59 Å². The summed E-state index contributed by atoms with van der Waals surface area (Å²) in [6.45, 7) is 2.51. The molecule has 1 aliphatic rings. The number of likely N-dealkylation sites (tertiary alicyclic amines) is 1. The van der Waals surface area contributed by atoms with E-state index in [4.69, 9.17) is 4.74 Å². The summed E-state index contributed by atoms with van der Waals surface area (Å²) >= 11 is 0. The average Bonchev–Trinajstić information content (AvgIpc) is 2.38. The van der Waals surface area contributed by atoms with Gasteiger partial charge in [-0.05, 0) is 26.2 Å². The fourth-order valence-corrected chi connectivity index (χ4v) is 1.92. The van der Waals surface area contributed by atoms with Crippen LogP contribution in [-0.2, 0) is 14.3 Å². The van der Waals surface area contributed by atoms with E-state index in [1.165, 1.54) is 13.2 Å². The lowest BCUT2D eigenvalue weighted by molar-refractivity contribution is -0.153. The maximum Gasteiger partial charge on any atom is 0.328 e. The molecular weight excluding hydrogens is 218 g/mol. The third-order valence-electron chi connectivity index (χ3n) is 2.80. The van der Waals surface area contributed by atoms with E-state index in [0.29, 0.717) is 13.0 Å². The van der Waals surface area contributed by atoms with Gasteiger partial charge in [0.05, 0.1) is 7.11 Å². The van der Waals surface area contributed by atoms with Gasteiger partial charge in [0.25, 0.3) is 0 Å². The number of esters is 1. The van der Waals surface area contributed by atoms with E-state index in [0.717, 1.165) is 12.8 Å². The zero-order valence-corrected chi connectivity index (χ0v) is 10.4. The molecule has 1 unspecified atom stereocenters. The van der Waals surface area contributed by atoms with E-state index in [-0.39, 0.29) is 11.9 Å². The quantitative estimate of drug-likeness (QED) is 0.426.